The summed E-state index contributed by atoms with van der Waals surface area (Å²) in [5, 5.41) is 11.6. The summed E-state index contributed by atoms with van der Waals surface area (Å²) in [6.45, 7) is 0. The minimum absolute atomic E-state index is 0.282. The molecule has 2 rings (SSSR count). The van der Waals surface area contributed by atoms with Gasteiger partial charge in [0.15, 0.2) is 0 Å². The average Bonchev–Trinajstić information content (AvgIpc) is 2.69. The maximum Gasteiger partial charge on any atom is 0.138 e. The van der Waals surface area contributed by atoms with Gasteiger partial charge in [0.25, 0.3) is 0 Å². The first-order chi connectivity index (χ1) is 9.13. The number of methoxy groups -OCH3 is 1. The van der Waals surface area contributed by atoms with E-state index >= 15 is 0 Å². The first kappa shape index (κ1) is 15.0. The molecule has 1 fully saturated rings. The van der Waals surface area contributed by atoms with Gasteiger partial charge in [0, 0.05) is 11.6 Å². The predicted molar refractivity (Wildman–Crippen MR) is 79.2 cm³/mol. The Hall–Kier alpha value is -0.440. The molecule has 0 bridgehead atoms. The number of benzene rings is 1. The molecule has 0 radical (unpaired) electrons. The highest BCUT2D eigenvalue weighted by atomic mass is 35.5. The third-order valence-corrected chi connectivity index (χ3v) is 4.56. The molecule has 4 heteroatoms. The molecule has 0 aromatic heterocycles. The van der Waals surface area contributed by atoms with E-state index in [1.165, 1.54) is 25.7 Å². The normalized spacial score (nSPS) is 18.9. The Labute approximate surface area is 124 Å². The van der Waals surface area contributed by atoms with Gasteiger partial charge in [0.2, 0.25) is 0 Å². The third-order valence-electron chi connectivity index (χ3n) is 3.94. The number of ether oxygens (including phenoxy) is 1. The predicted octanol–water partition coefficient (Wildman–Crippen LogP) is 5.01. The minimum atomic E-state index is -0.533. The molecule has 0 spiro atoms. The summed E-state index contributed by atoms with van der Waals surface area (Å²) in [4.78, 5) is 0. The summed E-state index contributed by atoms with van der Waals surface area (Å²) in [6, 6.07) is 3.41. The summed E-state index contributed by atoms with van der Waals surface area (Å²) in [7, 11) is 1.55. The smallest absolute Gasteiger partial charge is 0.138 e. The van der Waals surface area contributed by atoms with Crippen LogP contribution >= 0.6 is 23.2 Å². The van der Waals surface area contributed by atoms with Crippen LogP contribution in [-0.2, 0) is 0 Å². The molecule has 1 saturated carbocycles. The lowest BCUT2D eigenvalue weighted by Crippen LogP contribution is -2.12. The molecule has 1 N–H and O–H groups in total. The van der Waals surface area contributed by atoms with Crippen LogP contribution in [0, 0.1) is 5.92 Å². The quantitative estimate of drug-likeness (QED) is 0.796. The van der Waals surface area contributed by atoms with Crippen LogP contribution in [0.15, 0.2) is 12.1 Å². The molecule has 106 valence electrons. The molecular formula is C15H20Cl2O2. The van der Waals surface area contributed by atoms with E-state index in [2.05, 4.69) is 0 Å². The molecule has 0 amide bonds. The van der Waals surface area contributed by atoms with E-state index in [4.69, 9.17) is 27.9 Å². The van der Waals surface area contributed by atoms with Gasteiger partial charge < -0.3 is 9.84 Å². The number of halogens is 2. The molecule has 19 heavy (non-hydrogen) atoms. The van der Waals surface area contributed by atoms with Crippen molar-refractivity contribution in [1.82, 2.24) is 0 Å². The Morgan fingerprint density at radius 2 is 1.74 bits per heavy atom. The van der Waals surface area contributed by atoms with Crippen molar-refractivity contribution in [2.24, 2.45) is 5.92 Å². The van der Waals surface area contributed by atoms with Gasteiger partial charge in [-0.3, -0.25) is 0 Å². The third kappa shape index (κ3) is 3.56. The Balaban J connectivity index is 2.22. The van der Waals surface area contributed by atoms with Crippen LogP contribution in [-0.4, -0.2) is 12.2 Å². The van der Waals surface area contributed by atoms with Gasteiger partial charge >= 0.3 is 0 Å². The molecule has 1 unspecified atom stereocenters. The highest BCUT2D eigenvalue weighted by molar-refractivity contribution is 6.34. The number of hydrogen-bond acceptors (Lipinski definition) is 2. The lowest BCUT2D eigenvalue weighted by atomic mass is 9.89. The largest absolute Gasteiger partial charge is 0.495 e. The monoisotopic (exact) mass is 302 g/mol. The van der Waals surface area contributed by atoms with Crippen LogP contribution in [0.4, 0.5) is 0 Å². The Morgan fingerprint density at radius 3 is 2.32 bits per heavy atom. The summed E-state index contributed by atoms with van der Waals surface area (Å²) in [6.07, 6.45) is 6.48. The van der Waals surface area contributed by atoms with Crippen molar-refractivity contribution in [3.8, 4) is 5.75 Å². The van der Waals surface area contributed by atoms with Crippen LogP contribution in [0.2, 0.25) is 10.0 Å². The fraction of sp³-hybridized carbons (Fsp3) is 0.600. The Morgan fingerprint density at radius 1 is 1.11 bits per heavy atom. The number of aliphatic hydroxyl groups is 1. The molecule has 1 atom stereocenters. The van der Waals surface area contributed by atoms with Crippen molar-refractivity contribution in [2.45, 2.75) is 44.6 Å². The van der Waals surface area contributed by atoms with Crippen molar-refractivity contribution in [1.29, 1.82) is 0 Å². The topological polar surface area (TPSA) is 29.5 Å². The highest BCUT2D eigenvalue weighted by Gasteiger charge is 2.24. The van der Waals surface area contributed by atoms with Gasteiger partial charge in [0.05, 0.1) is 23.3 Å². The van der Waals surface area contributed by atoms with E-state index in [1.807, 2.05) is 0 Å². The van der Waals surface area contributed by atoms with Crippen molar-refractivity contribution in [2.75, 3.05) is 7.11 Å². The van der Waals surface area contributed by atoms with Gasteiger partial charge in [-0.1, -0.05) is 48.9 Å². The summed E-state index contributed by atoms with van der Waals surface area (Å²) in [5.74, 6) is 0.827. The Bertz CT molecular complexity index is 426. The van der Waals surface area contributed by atoms with Crippen molar-refractivity contribution in [3.63, 3.8) is 0 Å². The van der Waals surface area contributed by atoms with Crippen molar-refractivity contribution in [3.05, 3.63) is 27.7 Å². The van der Waals surface area contributed by atoms with Gasteiger partial charge in [-0.2, -0.15) is 0 Å². The Kier molecular flexibility index (Phi) is 5.37. The molecule has 1 aliphatic carbocycles. The van der Waals surface area contributed by atoms with E-state index in [0.29, 0.717) is 15.8 Å². The second-order valence-electron chi connectivity index (χ2n) is 5.20. The van der Waals surface area contributed by atoms with Gasteiger partial charge in [0.1, 0.15) is 5.75 Å². The molecule has 0 heterocycles. The van der Waals surface area contributed by atoms with E-state index in [1.54, 1.807) is 19.2 Å². The molecule has 0 saturated heterocycles. The average molecular weight is 303 g/mol. The zero-order valence-corrected chi connectivity index (χ0v) is 12.7. The van der Waals surface area contributed by atoms with Crippen LogP contribution < -0.4 is 4.74 Å². The number of rotatable bonds is 3. The summed E-state index contributed by atoms with van der Waals surface area (Å²) in [5.41, 5.74) is 0.722. The second-order valence-corrected chi connectivity index (χ2v) is 6.02. The molecular weight excluding hydrogens is 283 g/mol. The van der Waals surface area contributed by atoms with Gasteiger partial charge in [-0.25, -0.2) is 0 Å². The maximum atomic E-state index is 10.6. The standard InChI is InChI=1S/C15H20Cl2O2/c1-19-14-9-12(16)11(8-13(14)17)15(18)10-6-4-2-3-5-7-10/h8-10,15,18H,2-7H2,1H3. The fourth-order valence-electron chi connectivity index (χ4n) is 2.81. The lowest BCUT2D eigenvalue weighted by Gasteiger charge is -2.23. The van der Waals surface area contributed by atoms with E-state index in [0.717, 1.165) is 18.4 Å². The fourth-order valence-corrected chi connectivity index (χ4v) is 3.32. The summed E-state index contributed by atoms with van der Waals surface area (Å²) < 4.78 is 5.13. The molecule has 2 nitrogen and oxygen atoms in total. The van der Waals surface area contributed by atoms with Gasteiger partial charge in [-0.05, 0) is 24.8 Å². The molecule has 1 aliphatic rings. The van der Waals surface area contributed by atoms with Crippen molar-refractivity contribution < 1.29 is 9.84 Å². The highest BCUT2D eigenvalue weighted by Crippen LogP contribution is 2.39. The second kappa shape index (κ2) is 6.83. The van der Waals surface area contributed by atoms with Gasteiger partial charge in [-0.15, -0.1) is 0 Å². The zero-order valence-electron chi connectivity index (χ0n) is 11.2. The maximum absolute atomic E-state index is 10.6. The number of aliphatic hydroxyl groups excluding tert-OH is 1. The van der Waals surface area contributed by atoms with E-state index in [-0.39, 0.29) is 5.92 Å². The first-order valence-corrected chi connectivity index (χ1v) is 7.60. The molecule has 1 aromatic rings. The molecule has 0 aliphatic heterocycles. The van der Waals surface area contributed by atoms with E-state index in [9.17, 15) is 5.11 Å². The lowest BCUT2D eigenvalue weighted by molar-refractivity contribution is 0.0988. The molecule has 1 aromatic carbocycles. The van der Waals surface area contributed by atoms with Crippen LogP contribution in [0.1, 0.15) is 50.2 Å². The van der Waals surface area contributed by atoms with E-state index < -0.39 is 6.10 Å². The first-order valence-electron chi connectivity index (χ1n) is 6.84. The van der Waals surface area contributed by atoms with Crippen LogP contribution in [0.25, 0.3) is 0 Å². The van der Waals surface area contributed by atoms with Crippen LogP contribution in [0.3, 0.4) is 0 Å². The van der Waals surface area contributed by atoms with Crippen LogP contribution in [0.5, 0.6) is 5.75 Å². The van der Waals surface area contributed by atoms with Crippen molar-refractivity contribution >= 4 is 23.2 Å². The minimum Gasteiger partial charge on any atom is -0.495 e. The SMILES string of the molecule is COc1cc(Cl)c(C(O)C2CCCCCC2)cc1Cl. The summed E-state index contributed by atoms with van der Waals surface area (Å²) >= 11 is 12.4. The number of hydrogen-bond donors (Lipinski definition) is 1. The zero-order chi connectivity index (χ0) is 13.8.